The molecule has 0 spiro atoms. The molecule has 1 atom stereocenters. The van der Waals surface area contributed by atoms with Crippen LogP contribution in [0.15, 0.2) is 18.2 Å². The Kier molecular flexibility index (Phi) is 8.57. The van der Waals surface area contributed by atoms with Crippen molar-refractivity contribution in [1.82, 2.24) is 5.32 Å². The molecule has 200 valence electrons. The van der Waals surface area contributed by atoms with Gasteiger partial charge < -0.3 is 24.4 Å². The highest BCUT2D eigenvalue weighted by Gasteiger charge is 2.35. The Morgan fingerprint density at radius 1 is 1.00 bits per heavy atom. The number of carbonyl (C=O) groups is 3. The molecule has 36 heavy (non-hydrogen) atoms. The zero-order valence-electron chi connectivity index (χ0n) is 22.8. The van der Waals surface area contributed by atoms with E-state index in [-0.39, 0.29) is 18.4 Å². The van der Waals surface area contributed by atoms with E-state index in [0.29, 0.717) is 13.0 Å². The molecule has 8 nitrogen and oxygen atoms in total. The average Bonchev–Trinajstić information content (AvgIpc) is 3.15. The van der Waals surface area contributed by atoms with Crippen LogP contribution in [0.2, 0.25) is 0 Å². The van der Waals surface area contributed by atoms with E-state index in [1.54, 1.807) is 46.4 Å². The number of benzene rings is 1. The van der Waals surface area contributed by atoms with Gasteiger partial charge >= 0.3 is 12.1 Å². The Morgan fingerprint density at radius 2 is 1.64 bits per heavy atom. The molecule has 1 unspecified atom stereocenters. The minimum absolute atomic E-state index is 0.231. The van der Waals surface area contributed by atoms with Crippen molar-refractivity contribution in [3.63, 3.8) is 0 Å². The van der Waals surface area contributed by atoms with Crippen molar-refractivity contribution in [2.24, 2.45) is 5.92 Å². The molecule has 3 rings (SSSR count). The summed E-state index contributed by atoms with van der Waals surface area (Å²) in [6.45, 7) is 13.2. The van der Waals surface area contributed by atoms with Crippen LogP contribution in [0.3, 0.4) is 0 Å². The van der Waals surface area contributed by atoms with E-state index in [4.69, 9.17) is 14.2 Å². The number of fused-ring (bicyclic) bond motifs is 1. The average molecular weight is 503 g/mol. The Balaban J connectivity index is 1.73. The molecular formula is C28H42N2O6. The Labute approximate surface area is 215 Å². The number of amides is 2. The summed E-state index contributed by atoms with van der Waals surface area (Å²) in [6.07, 6.45) is 4.35. The number of alkyl carbamates (subject to hydrolysis) is 1. The van der Waals surface area contributed by atoms with Crippen molar-refractivity contribution in [2.45, 2.75) is 110 Å². The van der Waals surface area contributed by atoms with Gasteiger partial charge in [0, 0.05) is 12.2 Å². The maximum atomic E-state index is 13.6. The molecule has 1 aromatic rings. The Morgan fingerprint density at radius 3 is 2.25 bits per heavy atom. The third-order valence-electron chi connectivity index (χ3n) is 6.26. The third-order valence-corrected chi connectivity index (χ3v) is 6.26. The third kappa shape index (κ3) is 8.14. The zero-order chi connectivity index (χ0) is 26.7. The molecule has 0 bridgehead atoms. The SMILES string of the molecule is CC1CCC(Oc2ccc3c(c2)CCN3C(=O)C(CC(=O)OC(C)(C)C)NC(=O)OC(C)(C)C)CC1. The summed E-state index contributed by atoms with van der Waals surface area (Å²) in [7, 11) is 0. The van der Waals surface area contributed by atoms with Gasteiger partial charge in [0.25, 0.3) is 0 Å². The summed E-state index contributed by atoms with van der Waals surface area (Å²) >= 11 is 0. The number of nitrogens with zero attached hydrogens (tertiary/aromatic N) is 1. The minimum Gasteiger partial charge on any atom is -0.490 e. The van der Waals surface area contributed by atoms with Gasteiger partial charge in [-0.05, 0) is 103 Å². The number of nitrogens with one attached hydrogen (secondary N) is 1. The van der Waals surface area contributed by atoms with E-state index in [1.165, 1.54) is 12.8 Å². The highest BCUT2D eigenvalue weighted by atomic mass is 16.6. The lowest BCUT2D eigenvalue weighted by Crippen LogP contribution is -2.50. The maximum absolute atomic E-state index is 13.6. The van der Waals surface area contributed by atoms with Gasteiger partial charge in [0.2, 0.25) is 5.91 Å². The molecule has 0 aromatic heterocycles. The summed E-state index contributed by atoms with van der Waals surface area (Å²) in [4.78, 5) is 40.2. The molecule has 1 aliphatic heterocycles. The standard InChI is InChI=1S/C28H42N2O6/c1-18-8-10-20(11-9-18)34-21-12-13-23-19(16-21)14-15-30(23)25(32)22(17-24(31)35-27(2,3)4)29-26(33)36-28(5,6)7/h12-13,16,18,20,22H,8-11,14-15,17H2,1-7H3,(H,29,33). The van der Waals surface area contributed by atoms with Gasteiger partial charge in [-0.1, -0.05) is 6.92 Å². The lowest BCUT2D eigenvalue weighted by Gasteiger charge is -2.28. The fourth-order valence-electron chi connectivity index (χ4n) is 4.61. The number of anilines is 1. The van der Waals surface area contributed by atoms with Crippen LogP contribution in [-0.2, 0) is 25.5 Å². The quantitative estimate of drug-likeness (QED) is 0.540. The van der Waals surface area contributed by atoms with E-state index in [9.17, 15) is 14.4 Å². The van der Waals surface area contributed by atoms with Gasteiger partial charge in [-0.2, -0.15) is 0 Å². The summed E-state index contributed by atoms with van der Waals surface area (Å²) in [6, 6.07) is 4.68. The van der Waals surface area contributed by atoms with Crippen molar-refractivity contribution in [3.8, 4) is 5.75 Å². The smallest absolute Gasteiger partial charge is 0.408 e. The van der Waals surface area contributed by atoms with Crippen molar-refractivity contribution >= 4 is 23.7 Å². The molecule has 0 radical (unpaired) electrons. The maximum Gasteiger partial charge on any atom is 0.408 e. The molecular weight excluding hydrogens is 460 g/mol. The lowest BCUT2D eigenvalue weighted by molar-refractivity contribution is -0.156. The minimum atomic E-state index is -1.11. The van der Waals surface area contributed by atoms with Gasteiger partial charge in [0.15, 0.2) is 0 Å². The molecule has 0 saturated heterocycles. The van der Waals surface area contributed by atoms with E-state index < -0.39 is 29.3 Å². The number of carbonyl (C=O) groups excluding carboxylic acids is 3. The first-order valence-electron chi connectivity index (χ1n) is 13.0. The van der Waals surface area contributed by atoms with Crippen molar-refractivity contribution < 1.29 is 28.6 Å². The van der Waals surface area contributed by atoms with Crippen molar-refractivity contribution in [3.05, 3.63) is 23.8 Å². The molecule has 1 aliphatic carbocycles. The molecule has 1 fully saturated rings. The van der Waals surface area contributed by atoms with E-state index in [0.717, 1.165) is 35.8 Å². The van der Waals surface area contributed by atoms with Gasteiger partial charge in [0.05, 0.1) is 12.5 Å². The number of hydrogen-bond acceptors (Lipinski definition) is 6. The van der Waals surface area contributed by atoms with Crippen molar-refractivity contribution in [2.75, 3.05) is 11.4 Å². The molecule has 1 saturated carbocycles. The topological polar surface area (TPSA) is 94.2 Å². The second-order valence-electron chi connectivity index (χ2n) is 12.0. The molecule has 1 heterocycles. The van der Waals surface area contributed by atoms with Crippen LogP contribution in [0, 0.1) is 5.92 Å². The van der Waals surface area contributed by atoms with Crippen molar-refractivity contribution in [1.29, 1.82) is 0 Å². The summed E-state index contributed by atoms with van der Waals surface area (Å²) < 4.78 is 17.0. The number of rotatable bonds is 6. The second-order valence-corrected chi connectivity index (χ2v) is 12.0. The lowest BCUT2D eigenvalue weighted by atomic mass is 9.89. The number of ether oxygens (including phenoxy) is 3. The largest absolute Gasteiger partial charge is 0.490 e. The predicted octanol–water partition coefficient (Wildman–Crippen LogP) is 5.16. The summed E-state index contributed by atoms with van der Waals surface area (Å²) in [5, 5.41) is 2.59. The van der Waals surface area contributed by atoms with Crippen LogP contribution in [0.5, 0.6) is 5.75 Å². The Bertz CT molecular complexity index is 924. The first-order valence-corrected chi connectivity index (χ1v) is 13.0. The molecule has 1 N–H and O–H groups in total. The highest BCUT2D eigenvalue weighted by Crippen LogP contribution is 2.34. The van der Waals surface area contributed by atoms with Gasteiger partial charge in [0.1, 0.15) is 23.0 Å². The number of hydrogen-bond donors (Lipinski definition) is 1. The van der Waals surface area contributed by atoms with Crippen LogP contribution in [0.25, 0.3) is 0 Å². The van der Waals surface area contributed by atoms with Crippen LogP contribution < -0.4 is 15.0 Å². The Hall–Kier alpha value is -2.77. The fraction of sp³-hybridized carbons (Fsp3) is 0.679. The predicted molar refractivity (Wildman–Crippen MR) is 138 cm³/mol. The fourth-order valence-corrected chi connectivity index (χ4v) is 4.61. The van der Waals surface area contributed by atoms with Crippen LogP contribution in [0.1, 0.15) is 86.1 Å². The summed E-state index contributed by atoms with van der Waals surface area (Å²) in [5.74, 6) is 0.634. The molecule has 2 amide bonds. The van der Waals surface area contributed by atoms with Crippen LogP contribution >= 0.6 is 0 Å². The first-order chi connectivity index (χ1) is 16.7. The van der Waals surface area contributed by atoms with Crippen LogP contribution in [-0.4, -0.2) is 47.9 Å². The molecule has 1 aromatic carbocycles. The monoisotopic (exact) mass is 502 g/mol. The summed E-state index contributed by atoms with van der Waals surface area (Å²) in [5.41, 5.74) is 0.336. The molecule has 8 heteroatoms. The van der Waals surface area contributed by atoms with Gasteiger partial charge in [-0.3, -0.25) is 9.59 Å². The normalized spacial score (nSPS) is 20.8. The van der Waals surface area contributed by atoms with E-state index >= 15 is 0 Å². The molecule has 2 aliphatic rings. The van der Waals surface area contributed by atoms with Gasteiger partial charge in [-0.15, -0.1) is 0 Å². The highest BCUT2D eigenvalue weighted by molar-refractivity contribution is 6.02. The van der Waals surface area contributed by atoms with Gasteiger partial charge in [-0.25, -0.2) is 4.79 Å². The van der Waals surface area contributed by atoms with Crippen LogP contribution in [0.4, 0.5) is 10.5 Å². The first kappa shape index (κ1) is 27.8. The second kappa shape index (κ2) is 11.1. The zero-order valence-corrected chi connectivity index (χ0v) is 22.8. The number of esters is 1. The van der Waals surface area contributed by atoms with E-state index in [1.807, 2.05) is 18.2 Å². The van der Waals surface area contributed by atoms with E-state index in [2.05, 4.69) is 12.2 Å².